The summed E-state index contributed by atoms with van der Waals surface area (Å²) in [4.78, 5) is 2.58. The maximum atomic E-state index is 9.56. The van der Waals surface area contributed by atoms with E-state index in [1.807, 2.05) is 6.92 Å². The third kappa shape index (κ3) is 5.81. The molecule has 1 atom stereocenters. The van der Waals surface area contributed by atoms with Crippen LogP contribution in [0.25, 0.3) is 0 Å². The van der Waals surface area contributed by atoms with Crippen molar-refractivity contribution in [1.82, 2.24) is 10.2 Å². The molecule has 0 heterocycles. The second kappa shape index (κ2) is 8.00. The molecule has 0 aromatic carbocycles. The normalized spacial score (nSPS) is 19.8. The third-order valence-electron chi connectivity index (χ3n) is 4.21. The summed E-state index contributed by atoms with van der Waals surface area (Å²) in [6.45, 7) is 12.8. The Bertz CT molecular complexity index is 313. The van der Waals surface area contributed by atoms with E-state index in [0.717, 1.165) is 19.0 Å². The van der Waals surface area contributed by atoms with Gasteiger partial charge in [-0.3, -0.25) is 10.2 Å². The molecular weight excluding hydrogens is 246 g/mol. The molecule has 1 saturated carbocycles. The minimum atomic E-state index is -0.437. The van der Waals surface area contributed by atoms with Gasteiger partial charge >= 0.3 is 0 Å². The van der Waals surface area contributed by atoms with Crippen LogP contribution in [0.4, 0.5) is 0 Å². The first-order valence-corrected chi connectivity index (χ1v) is 8.29. The Balaban J connectivity index is 2.68. The van der Waals surface area contributed by atoms with E-state index in [1.165, 1.54) is 32.1 Å². The number of hydrogen-bond donors (Lipinski definition) is 1. The second-order valence-corrected chi connectivity index (χ2v) is 7.33. The van der Waals surface area contributed by atoms with Gasteiger partial charge in [-0.15, -0.1) is 0 Å². The summed E-state index contributed by atoms with van der Waals surface area (Å²) >= 11 is 0. The van der Waals surface area contributed by atoms with Crippen molar-refractivity contribution in [2.24, 2.45) is 5.92 Å². The zero-order valence-electron chi connectivity index (χ0n) is 14.1. The van der Waals surface area contributed by atoms with Crippen LogP contribution >= 0.6 is 0 Å². The van der Waals surface area contributed by atoms with Crippen LogP contribution in [0.5, 0.6) is 0 Å². The van der Waals surface area contributed by atoms with E-state index >= 15 is 0 Å². The number of nitrogens with one attached hydrogen (secondary N) is 1. The second-order valence-electron chi connectivity index (χ2n) is 7.33. The average Bonchev–Trinajstić information content (AvgIpc) is 2.87. The molecule has 3 heteroatoms. The molecule has 0 bridgehead atoms. The summed E-state index contributed by atoms with van der Waals surface area (Å²) in [5.74, 6) is 0.727. The molecule has 1 rings (SSSR count). The zero-order chi connectivity index (χ0) is 15.2. The lowest BCUT2D eigenvalue weighted by Gasteiger charge is -2.36. The smallest absolute Gasteiger partial charge is 0.116 e. The molecule has 1 N–H and O–H groups in total. The van der Waals surface area contributed by atoms with Gasteiger partial charge in [-0.25, -0.2) is 0 Å². The van der Waals surface area contributed by atoms with Gasteiger partial charge in [-0.05, 0) is 52.5 Å². The van der Waals surface area contributed by atoms with Crippen molar-refractivity contribution in [2.75, 3.05) is 13.1 Å². The molecule has 0 aromatic heterocycles. The van der Waals surface area contributed by atoms with E-state index in [4.69, 9.17) is 0 Å². The van der Waals surface area contributed by atoms with Crippen molar-refractivity contribution < 1.29 is 0 Å². The number of hydrogen-bond acceptors (Lipinski definition) is 3. The summed E-state index contributed by atoms with van der Waals surface area (Å²) in [6, 6.07) is 3.53. The zero-order valence-corrected chi connectivity index (χ0v) is 14.1. The van der Waals surface area contributed by atoms with Crippen molar-refractivity contribution in [2.45, 2.75) is 84.3 Å². The first-order chi connectivity index (χ1) is 9.36. The third-order valence-corrected chi connectivity index (χ3v) is 4.21. The Morgan fingerprint density at radius 3 is 2.30 bits per heavy atom. The Kier molecular flexibility index (Phi) is 6.99. The van der Waals surface area contributed by atoms with Crippen molar-refractivity contribution in [3.8, 4) is 6.07 Å². The van der Waals surface area contributed by atoms with E-state index in [9.17, 15) is 5.26 Å². The predicted octanol–water partition coefficient (Wildman–Crippen LogP) is 3.56. The van der Waals surface area contributed by atoms with Crippen LogP contribution in [0.2, 0.25) is 0 Å². The van der Waals surface area contributed by atoms with Gasteiger partial charge in [0.25, 0.3) is 0 Å². The molecule has 0 spiro atoms. The molecule has 0 aromatic rings. The van der Waals surface area contributed by atoms with Crippen LogP contribution in [-0.2, 0) is 0 Å². The van der Waals surface area contributed by atoms with E-state index in [1.54, 1.807) is 0 Å². The van der Waals surface area contributed by atoms with Crippen LogP contribution < -0.4 is 5.32 Å². The molecule has 3 nitrogen and oxygen atoms in total. The van der Waals surface area contributed by atoms with Gasteiger partial charge in [0.05, 0.1) is 6.07 Å². The summed E-state index contributed by atoms with van der Waals surface area (Å²) in [5, 5.41) is 13.0. The number of rotatable bonds is 8. The Morgan fingerprint density at radius 1 is 1.25 bits per heavy atom. The van der Waals surface area contributed by atoms with Gasteiger partial charge in [0, 0.05) is 18.6 Å². The van der Waals surface area contributed by atoms with E-state index in [2.05, 4.69) is 44.0 Å². The molecule has 0 radical (unpaired) electrons. The fraction of sp³-hybridized carbons (Fsp3) is 0.941. The SMILES string of the molecule is CC(C)CCN(CC(C)(C#N)NC(C)C)C1CCCC1. The molecule has 116 valence electrons. The molecule has 1 fully saturated rings. The lowest BCUT2D eigenvalue weighted by molar-refractivity contribution is 0.150. The fourth-order valence-corrected chi connectivity index (χ4v) is 3.24. The molecule has 0 amide bonds. The van der Waals surface area contributed by atoms with Crippen molar-refractivity contribution in [1.29, 1.82) is 5.26 Å². The van der Waals surface area contributed by atoms with Gasteiger partial charge in [0.1, 0.15) is 5.54 Å². The van der Waals surface area contributed by atoms with Crippen LogP contribution in [0.3, 0.4) is 0 Å². The minimum Gasteiger partial charge on any atom is -0.297 e. The van der Waals surface area contributed by atoms with Crippen LogP contribution in [0.1, 0.15) is 66.7 Å². The van der Waals surface area contributed by atoms with Crippen LogP contribution in [0.15, 0.2) is 0 Å². The Morgan fingerprint density at radius 2 is 1.85 bits per heavy atom. The van der Waals surface area contributed by atoms with Crippen LogP contribution in [0, 0.1) is 17.2 Å². The van der Waals surface area contributed by atoms with Gasteiger partial charge in [-0.2, -0.15) is 5.26 Å². The van der Waals surface area contributed by atoms with Crippen molar-refractivity contribution in [3.63, 3.8) is 0 Å². The van der Waals surface area contributed by atoms with E-state index < -0.39 is 5.54 Å². The molecule has 0 saturated heterocycles. The highest BCUT2D eigenvalue weighted by Crippen LogP contribution is 2.25. The van der Waals surface area contributed by atoms with Crippen molar-refractivity contribution >= 4 is 0 Å². The first kappa shape index (κ1) is 17.5. The van der Waals surface area contributed by atoms with Gasteiger partial charge < -0.3 is 0 Å². The topological polar surface area (TPSA) is 39.1 Å². The molecular formula is C17H33N3. The molecule has 1 aliphatic rings. The van der Waals surface area contributed by atoms with E-state index in [-0.39, 0.29) is 0 Å². The highest BCUT2D eigenvalue weighted by atomic mass is 15.2. The number of nitriles is 1. The summed E-state index contributed by atoms with van der Waals surface area (Å²) in [5.41, 5.74) is -0.437. The standard InChI is InChI=1S/C17H33N3/c1-14(2)10-11-20(16-8-6-7-9-16)13-17(5,12-18)19-15(3)4/h14-16,19H,6-11,13H2,1-5H3. The van der Waals surface area contributed by atoms with Gasteiger partial charge in [0.15, 0.2) is 0 Å². The molecule has 20 heavy (non-hydrogen) atoms. The lowest BCUT2D eigenvalue weighted by Crippen LogP contribution is -2.54. The van der Waals surface area contributed by atoms with E-state index in [0.29, 0.717) is 12.1 Å². The monoisotopic (exact) mass is 279 g/mol. The quantitative estimate of drug-likeness (QED) is 0.738. The maximum absolute atomic E-state index is 9.56. The largest absolute Gasteiger partial charge is 0.297 e. The summed E-state index contributed by atoms with van der Waals surface area (Å²) in [6.07, 6.45) is 6.54. The predicted molar refractivity (Wildman–Crippen MR) is 85.6 cm³/mol. The Hall–Kier alpha value is -0.590. The highest BCUT2D eigenvalue weighted by Gasteiger charge is 2.31. The Labute approximate surface area is 125 Å². The first-order valence-electron chi connectivity index (χ1n) is 8.29. The van der Waals surface area contributed by atoms with Gasteiger partial charge in [-0.1, -0.05) is 26.7 Å². The average molecular weight is 279 g/mol. The molecule has 0 aliphatic heterocycles. The molecule has 1 aliphatic carbocycles. The highest BCUT2D eigenvalue weighted by molar-refractivity contribution is 5.07. The van der Waals surface area contributed by atoms with Gasteiger partial charge in [0.2, 0.25) is 0 Å². The van der Waals surface area contributed by atoms with Crippen LogP contribution in [-0.4, -0.2) is 35.6 Å². The number of nitrogens with zero attached hydrogens (tertiary/aromatic N) is 2. The summed E-state index contributed by atoms with van der Waals surface area (Å²) in [7, 11) is 0. The maximum Gasteiger partial charge on any atom is 0.116 e. The lowest BCUT2D eigenvalue weighted by atomic mass is 10.00. The van der Waals surface area contributed by atoms with Crippen molar-refractivity contribution in [3.05, 3.63) is 0 Å². The fourth-order valence-electron chi connectivity index (χ4n) is 3.24. The summed E-state index contributed by atoms with van der Waals surface area (Å²) < 4.78 is 0. The minimum absolute atomic E-state index is 0.343. The molecule has 1 unspecified atom stereocenters.